The third kappa shape index (κ3) is 3.30. The number of hydrogen-bond acceptors (Lipinski definition) is 4. The van der Waals surface area contributed by atoms with Crippen molar-refractivity contribution in [2.75, 3.05) is 26.3 Å². The van der Waals surface area contributed by atoms with Crippen molar-refractivity contribution in [2.45, 2.75) is 45.3 Å². The van der Waals surface area contributed by atoms with Gasteiger partial charge in [-0.25, -0.2) is 0 Å². The van der Waals surface area contributed by atoms with Crippen LogP contribution in [0.5, 0.6) is 0 Å². The molecule has 0 spiro atoms. The van der Waals surface area contributed by atoms with Crippen molar-refractivity contribution in [3.63, 3.8) is 0 Å². The number of carboxylic acids is 1. The Morgan fingerprint density at radius 1 is 1.55 bits per heavy atom. The second kappa shape index (κ2) is 6.10. The Bertz CT molecular complexity index is 380. The molecule has 0 radical (unpaired) electrons. The van der Waals surface area contributed by atoms with Crippen LogP contribution >= 0.6 is 0 Å². The second-order valence-electron chi connectivity index (χ2n) is 5.99. The van der Waals surface area contributed by atoms with Crippen LogP contribution in [0.2, 0.25) is 0 Å². The van der Waals surface area contributed by atoms with Gasteiger partial charge in [-0.15, -0.1) is 0 Å². The maximum absolute atomic E-state index is 12.2. The van der Waals surface area contributed by atoms with E-state index in [1.165, 1.54) is 0 Å². The van der Waals surface area contributed by atoms with Crippen molar-refractivity contribution in [3.8, 4) is 0 Å². The van der Waals surface area contributed by atoms with Crippen molar-refractivity contribution in [1.29, 1.82) is 0 Å². The summed E-state index contributed by atoms with van der Waals surface area (Å²) < 4.78 is 11.0. The minimum atomic E-state index is -0.847. The Labute approximate surface area is 119 Å². The highest BCUT2D eigenvalue weighted by molar-refractivity contribution is 5.83. The topological polar surface area (TPSA) is 76.1 Å². The molecular weight excluding hydrogens is 262 g/mol. The maximum Gasteiger partial charge on any atom is 0.311 e. The first kappa shape index (κ1) is 15.3. The molecule has 0 bridgehead atoms. The lowest BCUT2D eigenvalue weighted by molar-refractivity contribution is -0.149. The number of likely N-dealkylation sites (tertiary alicyclic amines) is 1. The van der Waals surface area contributed by atoms with E-state index < -0.39 is 17.5 Å². The summed E-state index contributed by atoms with van der Waals surface area (Å²) in [5.41, 5.74) is -0.829. The van der Waals surface area contributed by atoms with Crippen LogP contribution in [-0.2, 0) is 19.1 Å². The summed E-state index contributed by atoms with van der Waals surface area (Å²) in [7, 11) is 0. The zero-order chi connectivity index (χ0) is 14.8. The fourth-order valence-corrected chi connectivity index (χ4v) is 2.68. The molecule has 0 saturated carbocycles. The highest BCUT2D eigenvalue weighted by Gasteiger charge is 2.43. The van der Waals surface area contributed by atoms with Gasteiger partial charge in [0, 0.05) is 19.7 Å². The molecule has 114 valence electrons. The number of nitrogens with zero attached hydrogens (tertiary/aromatic N) is 1. The van der Waals surface area contributed by atoms with Gasteiger partial charge >= 0.3 is 5.97 Å². The smallest absolute Gasteiger partial charge is 0.311 e. The van der Waals surface area contributed by atoms with Crippen molar-refractivity contribution < 1.29 is 24.2 Å². The van der Waals surface area contributed by atoms with Crippen molar-refractivity contribution in [3.05, 3.63) is 0 Å². The summed E-state index contributed by atoms with van der Waals surface area (Å²) >= 11 is 0. The fraction of sp³-hybridized carbons (Fsp3) is 0.857. The van der Waals surface area contributed by atoms with Gasteiger partial charge < -0.3 is 19.5 Å². The molecule has 0 unspecified atom stereocenters. The number of carbonyl (C=O) groups is 2. The number of carboxylic acid groups (broad SMARTS) is 1. The first-order chi connectivity index (χ1) is 9.42. The number of carbonyl (C=O) groups excluding carboxylic acids is 1. The third-order valence-electron chi connectivity index (χ3n) is 4.21. The fourth-order valence-electron chi connectivity index (χ4n) is 2.68. The van der Waals surface area contributed by atoms with E-state index in [0.29, 0.717) is 19.6 Å². The average Bonchev–Trinajstić information content (AvgIpc) is 3.05. The van der Waals surface area contributed by atoms with E-state index in [4.69, 9.17) is 9.47 Å². The highest BCUT2D eigenvalue weighted by Crippen LogP contribution is 2.30. The first-order valence-electron chi connectivity index (χ1n) is 7.18. The third-order valence-corrected chi connectivity index (χ3v) is 4.21. The number of hydrogen-bond donors (Lipinski definition) is 1. The van der Waals surface area contributed by atoms with Gasteiger partial charge in [-0.2, -0.15) is 0 Å². The average molecular weight is 285 g/mol. The molecule has 20 heavy (non-hydrogen) atoms. The molecule has 0 aromatic heterocycles. The molecule has 0 aromatic rings. The lowest BCUT2D eigenvalue weighted by Crippen LogP contribution is -2.40. The summed E-state index contributed by atoms with van der Waals surface area (Å²) in [6.07, 6.45) is 2.05. The van der Waals surface area contributed by atoms with E-state index in [9.17, 15) is 14.7 Å². The Hall–Kier alpha value is -1.14. The van der Waals surface area contributed by atoms with Crippen molar-refractivity contribution in [1.82, 2.24) is 4.90 Å². The molecule has 2 saturated heterocycles. The van der Waals surface area contributed by atoms with Gasteiger partial charge in [0.2, 0.25) is 0 Å². The molecule has 0 aliphatic carbocycles. The number of ether oxygens (including phenoxy) is 2. The van der Waals surface area contributed by atoms with E-state index >= 15 is 0 Å². The molecule has 6 heteroatoms. The van der Waals surface area contributed by atoms with E-state index in [1.807, 2.05) is 0 Å². The number of aliphatic carboxylic acids is 1. The van der Waals surface area contributed by atoms with E-state index in [1.54, 1.807) is 18.7 Å². The van der Waals surface area contributed by atoms with Crippen LogP contribution in [0, 0.1) is 5.41 Å². The van der Waals surface area contributed by atoms with Crippen LogP contribution in [0.3, 0.4) is 0 Å². The molecule has 2 heterocycles. The van der Waals surface area contributed by atoms with Crippen LogP contribution in [0.1, 0.15) is 33.1 Å². The van der Waals surface area contributed by atoms with Gasteiger partial charge in [0.25, 0.3) is 5.91 Å². The van der Waals surface area contributed by atoms with Crippen LogP contribution in [0.15, 0.2) is 0 Å². The first-order valence-corrected chi connectivity index (χ1v) is 7.18. The molecule has 2 fully saturated rings. The van der Waals surface area contributed by atoms with E-state index in [-0.39, 0.29) is 18.6 Å². The largest absolute Gasteiger partial charge is 0.481 e. The molecular formula is C14H23NO5. The van der Waals surface area contributed by atoms with Crippen LogP contribution in [0.25, 0.3) is 0 Å². The Kier molecular flexibility index (Phi) is 4.65. The lowest BCUT2D eigenvalue weighted by atomic mass is 9.90. The number of amides is 1. The zero-order valence-electron chi connectivity index (χ0n) is 12.1. The highest BCUT2D eigenvalue weighted by atomic mass is 16.5. The zero-order valence-corrected chi connectivity index (χ0v) is 12.1. The van der Waals surface area contributed by atoms with Crippen molar-refractivity contribution in [2.24, 2.45) is 5.41 Å². The predicted molar refractivity (Wildman–Crippen MR) is 71.3 cm³/mol. The predicted octanol–water partition coefficient (Wildman–Crippen LogP) is 0.894. The normalized spacial score (nSPS) is 31.5. The van der Waals surface area contributed by atoms with Gasteiger partial charge in [-0.3, -0.25) is 9.59 Å². The molecule has 3 atom stereocenters. The molecule has 6 nitrogen and oxygen atoms in total. The van der Waals surface area contributed by atoms with Gasteiger partial charge in [0.1, 0.15) is 6.10 Å². The molecule has 2 aliphatic rings. The van der Waals surface area contributed by atoms with Crippen LogP contribution in [-0.4, -0.2) is 60.4 Å². The molecule has 2 aliphatic heterocycles. The summed E-state index contributed by atoms with van der Waals surface area (Å²) in [6.45, 7) is 5.33. The summed E-state index contributed by atoms with van der Waals surface area (Å²) in [6, 6.07) is 0. The van der Waals surface area contributed by atoms with Gasteiger partial charge in [-0.05, 0) is 33.1 Å². The SMILES string of the molecule is C[C@H](OC[C@H]1CCCO1)C(=O)N1CC[C@](C)(C(=O)O)C1. The van der Waals surface area contributed by atoms with Crippen molar-refractivity contribution >= 4 is 11.9 Å². The van der Waals surface area contributed by atoms with Crippen LogP contribution < -0.4 is 0 Å². The van der Waals surface area contributed by atoms with Gasteiger partial charge in [-0.1, -0.05) is 0 Å². The number of rotatable bonds is 5. The second-order valence-corrected chi connectivity index (χ2v) is 5.99. The standard InChI is InChI=1S/C14H23NO5/c1-10(20-8-11-4-3-7-19-11)12(16)15-6-5-14(2,9-15)13(17)18/h10-11H,3-9H2,1-2H3,(H,17,18)/t10-,11+,14-/m0/s1. The summed E-state index contributed by atoms with van der Waals surface area (Å²) in [5.74, 6) is -0.978. The maximum atomic E-state index is 12.2. The summed E-state index contributed by atoms with van der Waals surface area (Å²) in [4.78, 5) is 25.0. The van der Waals surface area contributed by atoms with E-state index in [2.05, 4.69) is 0 Å². The van der Waals surface area contributed by atoms with Crippen LogP contribution in [0.4, 0.5) is 0 Å². The molecule has 1 N–H and O–H groups in total. The Morgan fingerprint density at radius 2 is 2.30 bits per heavy atom. The summed E-state index contributed by atoms with van der Waals surface area (Å²) in [5, 5.41) is 9.17. The van der Waals surface area contributed by atoms with E-state index in [0.717, 1.165) is 19.4 Å². The van der Waals surface area contributed by atoms with Gasteiger partial charge in [0.15, 0.2) is 0 Å². The Balaban J connectivity index is 1.80. The van der Waals surface area contributed by atoms with Gasteiger partial charge in [0.05, 0.1) is 18.1 Å². The Morgan fingerprint density at radius 3 is 2.85 bits per heavy atom. The molecule has 2 rings (SSSR count). The monoisotopic (exact) mass is 285 g/mol. The molecule has 1 amide bonds. The minimum Gasteiger partial charge on any atom is -0.481 e. The minimum absolute atomic E-state index is 0.0908. The quantitative estimate of drug-likeness (QED) is 0.812. The molecule has 0 aromatic carbocycles. The lowest BCUT2D eigenvalue weighted by Gasteiger charge is -2.23.